The van der Waals surface area contributed by atoms with Crippen molar-refractivity contribution in [1.82, 2.24) is 0 Å². The fourth-order valence-electron chi connectivity index (χ4n) is 6.40. The van der Waals surface area contributed by atoms with Crippen LogP contribution in [0.1, 0.15) is 120 Å². The molecule has 0 aliphatic carbocycles. The molecule has 6 heteroatoms. The first kappa shape index (κ1) is 38.3. The Morgan fingerprint density at radius 3 is 1.52 bits per heavy atom. The summed E-state index contributed by atoms with van der Waals surface area (Å²) in [5, 5.41) is 0. The molecule has 3 aromatic heterocycles. The van der Waals surface area contributed by atoms with Crippen molar-refractivity contribution in [3.63, 3.8) is 0 Å². The summed E-state index contributed by atoms with van der Waals surface area (Å²) in [7, 11) is 3.62. The molecule has 3 rings (SSSR count). The first-order chi connectivity index (χ1) is 21.6. The first-order valence-corrected chi connectivity index (χ1v) is 27.8. The molecular formula is C38H62O2S3Sn. The van der Waals surface area contributed by atoms with E-state index in [1.54, 1.807) is 33.5 Å². The van der Waals surface area contributed by atoms with Crippen LogP contribution in [0, 0.1) is 0 Å². The second kappa shape index (κ2) is 22.4. The molecule has 0 amide bonds. The predicted octanol–water partition coefficient (Wildman–Crippen LogP) is 12.8. The van der Waals surface area contributed by atoms with Crippen LogP contribution < -0.4 is 2.89 Å². The van der Waals surface area contributed by atoms with Gasteiger partial charge in [0, 0.05) is 14.2 Å². The van der Waals surface area contributed by atoms with Gasteiger partial charge < -0.3 is 9.47 Å². The van der Waals surface area contributed by atoms with Crippen LogP contribution in [0.4, 0.5) is 0 Å². The summed E-state index contributed by atoms with van der Waals surface area (Å²) in [6.07, 6.45) is 20.8. The Balaban J connectivity index is 1.90. The van der Waals surface area contributed by atoms with Crippen molar-refractivity contribution in [2.45, 2.75) is 137 Å². The molecule has 0 spiro atoms. The van der Waals surface area contributed by atoms with Gasteiger partial charge in [0.25, 0.3) is 0 Å². The van der Waals surface area contributed by atoms with Crippen molar-refractivity contribution in [2.24, 2.45) is 0 Å². The topological polar surface area (TPSA) is 18.5 Å². The van der Waals surface area contributed by atoms with Crippen LogP contribution in [0.2, 0.25) is 13.3 Å². The second-order valence-electron chi connectivity index (χ2n) is 12.8. The zero-order chi connectivity index (χ0) is 31.5. The molecule has 248 valence electrons. The Kier molecular flexibility index (Phi) is 19.5. The van der Waals surface area contributed by atoms with E-state index in [2.05, 4.69) is 85.1 Å². The quantitative estimate of drug-likeness (QED) is 0.0599. The molecule has 44 heavy (non-hydrogen) atoms. The molecule has 0 unspecified atom stereocenters. The Morgan fingerprint density at radius 1 is 0.545 bits per heavy atom. The molecule has 0 N–H and O–H groups in total. The maximum atomic E-state index is 5.24. The van der Waals surface area contributed by atoms with E-state index in [1.165, 1.54) is 112 Å². The Hall–Kier alpha value is -0.181. The van der Waals surface area contributed by atoms with Crippen molar-refractivity contribution < 1.29 is 9.47 Å². The predicted molar refractivity (Wildman–Crippen MR) is 204 cm³/mol. The van der Waals surface area contributed by atoms with Crippen LogP contribution in [0.5, 0.6) is 0 Å². The van der Waals surface area contributed by atoms with E-state index >= 15 is 0 Å². The Bertz CT molecular complexity index is 1050. The second-order valence-corrected chi connectivity index (χ2v) is 30.3. The number of aryl methyl sites for hydroxylation is 2. The molecule has 0 aliphatic rings. The summed E-state index contributed by atoms with van der Waals surface area (Å²) in [4.78, 5) is 7.72. The van der Waals surface area contributed by atoms with Crippen molar-refractivity contribution in [1.29, 1.82) is 0 Å². The first-order valence-electron chi connectivity index (χ1n) is 17.9. The van der Waals surface area contributed by atoms with E-state index in [9.17, 15) is 0 Å². The number of ether oxygens (including phenoxy) is 2. The van der Waals surface area contributed by atoms with Gasteiger partial charge >= 0.3 is 266 Å². The molecule has 0 saturated heterocycles. The molecule has 0 aromatic carbocycles. The third-order valence-corrected chi connectivity index (χ3v) is 31.0. The number of unbranched alkanes of at least 4 members (excludes halogenated alkanes) is 9. The van der Waals surface area contributed by atoms with Gasteiger partial charge in [0.15, 0.2) is 0 Å². The minimum absolute atomic E-state index is 0.895. The van der Waals surface area contributed by atoms with Gasteiger partial charge in [-0.15, -0.1) is 0 Å². The Morgan fingerprint density at radius 2 is 1.02 bits per heavy atom. The number of hydrogen-bond acceptors (Lipinski definition) is 5. The summed E-state index contributed by atoms with van der Waals surface area (Å²) >= 11 is 3.85. The molecular weight excluding hydrogens is 703 g/mol. The Labute approximate surface area is 287 Å². The molecule has 0 fully saturated rings. The van der Waals surface area contributed by atoms with E-state index in [4.69, 9.17) is 9.47 Å². The van der Waals surface area contributed by atoms with Gasteiger partial charge in [0.2, 0.25) is 0 Å². The van der Waals surface area contributed by atoms with Gasteiger partial charge in [-0.2, -0.15) is 0 Å². The molecule has 0 saturated carbocycles. The van der Waals surface area contributed by atoms with Crippen LogP contribution in [0.15, 0.2) is 30.3 Å². The third kappa shape index (κ3) is 12.4. The van der Waals surface area contributed by atoms with Crippen molar-refractivity contribution in [2.75, 3.05) is 27.4 Å². The molecule has 2 nitrogen and oxygen atoms in total. The van der Waals surface area contributed by atoms with E-state index in [0.717, 1.165) is 13.2 Å². The van der Waals surface area contributed by atoms with Gasteiger partial charge in [0.1, 0.15) is 0 Å². The molecule has 3 heterocycles. The number of methoxy groups -OCH3 is 2. The van der Waals surface area contributed by atoms with Crippen LogP contribution in [-0.2, 0) is 22.3 Å². The standard InChI is InChI=1S/C26H35O2S3.3C4H9.Sn/c1-27-18-9-5-3-7-11-21-13-15-24(30-21)23-17-20-29-26(23)25-16-14-22(31-25)12-8-4-6-10-19-28-2;3*1-3-4-2;/h13-17H,3-12,18-19H2,1-2H3;3*1,3-4H2,2H3;. The van der Waals surface area contributed by atoms with Crippen LogP contribution in [0.3, 0.4) is 0 Å². The van der Waals surface area contributed by atoms with Crippen LogP contribution in [0.25, 0.3) is 20.2 Å². The normalized spacial score (nSPS) is 12.0. The summed E-state index contributed by atoms with van der Waals surface area (Å²) in [6, 6.07) is 12.5. The zero-order valence-electron chi connectivity index (χ0n) is 28.8. The van der Waals surface area contributed by atoms with Crippen molar-refractivity contribution in [3.05, 3.63) is 40.1 Å². The maximum absolute atomic E-state index is 5.24. The van der Waals surface area contributed by atoms with E-state index < -0.39 is 18.4 Å². The summed E-state index contributed by atoms with van der Waals surface area (Å²) in [5.74, 6) is 0. The molecule has 0 bridgehead atoms. The van der Waals surface area contributed by atoms with E-state index in [-0.39, 0.29) is 0 Å². The van der Waals surface area contributed by atoms with E-state index in [1.807, 2.05) is 17.1 Å². The number of rotatable bonds is 26. The average molecular weight is 766 g/mol. The molecule has 3 aromatic rings. The fraction of sp³-hybridized carbons (Fsp3) is 0.684. The average Bonchev–Trinajstić information content (AvgIpc) is 3.80. The molecule has 0 atom stereocenters. The van der Waals surface area contributed by atoms with Gasteiger partial charge in [-0.3, -0.25) is 0 Å². The van der Waals surface area contributed by atoms with Crippen LogP contribution in [-0.4, -0.2) is 45.8 Å². The van der Waals surface area contributed by atoms with Crippen molar-refractivity contribution >= 4 is 55.3 Å². The third-order valence-electron chi connectivity index (χ3n) is 9.14. The van der Waals surface area contributed by atoms with Gasteiger partial charge in [0.05, 0.1) is 0 Å². The minimum atomic E-state index is -2.53. The van der Waals surface area contributed by atoms with Gasteiger partial charge in [-0.1, -0.05) is 0 Å². The zero-order valence-corrected chi connectivity index (χ0v) is 34.1. The number of hydrogen-bond donors (Lipinski definition) is 0. The summed E-state index contributed by atoms with van der Waals surface area (Å²) < 4.78 is 17.0. The summed E-state index contributed by atoms with van der Waals surface area (Å²) in [6.45, 7) is 8.99. The van der Waals surface area contributed by atoms with Crippen molar-refractivity contribution in [3.8, 4) is 20.2 Å². The number of thiophene rings is 3. The monoisotopic (exact) mass is 766 g/mol. The molecule has 0 aliphatic heterocycles. The molecule has 0 radical (unpaired) electrons. The SMILES string of the molecule is CCC[CH2][Sn]([CH2]CCC)([CH2]CCC)[c]1cc(-c2ccc(CCCCCCOC)s2)c(-c2ccc(CCCCCCOC)s2)s1. The van der Waals surface area contributed by atoms with Gasteiger partial charge in [-0.05, 0) is 0 Å². The van der Waals surface area contributed by atoms with Gasteiger partial charge in [-0.25, -0.2) is 0 Å². The summed E-state index contributed by atoms with van der Waals surface area (Å²) in [5.41, 5.74) is 1.56. The van der Waals surface area contributed by atoms with E-state index in [0.29, 0.717) is 0 Å². The fourth-order valence-corrected chi connectivity index (χ4v) is 29.0. The van der Waals surface area contributed by atoms with Crippen LogP contribution >= 0.6 is 34.0 Å².